The van der Waals surface area contributed by atoms with Crippen LogP contribution in [0.15, 0.2) is 24.3 Å². The Morgan fingerprint density at radius 2 is 2.05 bits per heavy atom. The number of benzene rings is 1. The highest BCUT2D eigenvalue weighted by atomic mass is 16.1. The van der Waals surface area contributed by atoms with Gasteiger partial charge in [-0.2, -0.15) is 0 Å². The second-order valence-electron chi connectivity index (χ2n) is 6.26. The van der Waals surface area contributed by atoms with Crippen molar-refractivity contribution in [2.45, 2.75) is 38.6 Å². The number of aryl methyl sites for hydroxylation is 1. The smallest absolute Gasteiger partial charge is 0.251 e. The summed E-state index contributed by atoms with van der Waals surface area (Å²) in [6, 6.07) is 8.14. The molecule has 1 N–H and O–H groups in total. The Hall–Kier alpha value is -1.35. The summed E-state index contributed by atoms with van der Waals surface area (Å²) in [7, 11) is 4.21. The van der Waals surface area contributed by atoms with Gasteiger partial charge in [-0.3, -0.25) is 4.79 Å². The molecule has 1 aliphatic rings. The first kappa shape index (κ1) is 15.0. The molecule has 0 aliphatic heterocycles. The normalized spacial score (nSPS) is 22.8. The number of carbonyl (C=O) groups is 1. The van der Waals surface area contributed by atoms with Crippen molar-refractivity contribution < 1.29 is 4.79 Å². The number of hydrogen-bond acceptors (Lipinski definition) is 2. The number of rotatable bonds is 4. The monoisotopic (exact) mass is 274 g/mol. The fourth-order valence-corrected chi connectivity index (χ4v) is 3.12. The molecule has 1 aliphatic carbocycles. The summed E-state index contributed by atoms with van der Waals surface area (Å²) in [5.41, 5.74) is 1.91. The van der Waals surface area contributed by atoms with E-state index in [4.69, 9.17) is 0 Å². The number of nitrogens with one attached hydrogen (secondary N) is 1. The van der Waals surface area contributed by atoms with Gasteiger partial charge in [-0.05, 0) is 51.9 Å². The van der Waals surface area contributed by atoms with E-state index in [1.54, 1.807) is 0 Å². The molecule has 0 aromatic heterocycles. The molecule has 0 spiro atoms. The minimum atomic E-state index is 0.0735. The zero-order chi connectivity index (χ0) is 14.5. The molecule has 2 rings (SSSR count). The minimum Gasteiger partial charge on any atom is -0.349 e. The van der Waals surface area contributed by atoms with Crippen LogP contribution in [0.4, 0.5) is 0 Å². The third-order valence-electron chi connectivity index (χ3n) is 4.11. The zero-order valence-electron chi connectivity index (χ0n) is 12.9. The number of amides is 1. The maximum absolute atomic E-state index is 12.4. The van der Waals surface area contributed by atoms with Crippen LogP contribution in [0.5, 0.6) is 0 Å². The van der Waals surface area contributed by atoms with Gasteiger partial charge in [-0.25, -0.2) is 0 Å². The topological polar surface area (TPSA) is 32.3 Å². The molecule has 3 nitrogen and oxygen atoms in total. The van der Waals surface area contributed by atoms with Crippen LogP contribution < -0.4 is 5.32 Å². The first-order valence-electron chi connectivity index (χ1n) is 7.58. The Balaban J connectivity index is 2.01. The Kier molecular flexibility index (Phi) is 5.18. The summed E-state index contributed by atoms with van der Waals surface area (Å²) in [4.78, 5) is 14.6. The summed E-state index contributed by atoms with van der Waals surface area (Å²) < 4.78 is 0. The van der Waals surface area contributed by atoms with E-state index >= 15 is 0 Å². The molecule has 3 heteroatoms. The lowest BCUT2D eigenvalue weighted by Gasteiger charge is -2.34. The number of carbonyl (C=O) groups excluding carboxylic acids is 1. The third kappa shape index (κ3) is 4.07. The predicted octanol–water partition coefficient (Wildman–Crippen LogP) is 2.85. The van der Waals surface area contributed by atoms with Crippen LogP contribution in [0, 0.1) is 12.8 Å². The van der Waals surface area contributed by atoms with E-state index in [9.17, 15) is 4.79 Å². The molecule has 0 bridgehead atoms. The van der Waals surface area contributed by atoms with E-state index in [0.717, 1.165) is 24.1 Å². The molecule has 20 heavy (non-hydrogen) atoms. The third-order valence-corrected chi connectivity index (χ3v) is 4.11. The SMILES string of the molecule is Cc1cccc(C(=O)NC2CCCCC2CN(C)C)c1. The Morgan fingerprint density at radius 3 is 2.75 bits per heavy atom. The van der Waals surface area contributed by atoms with Gasteiger partial charge in [0.05, 0.1) is 0 Å². The van der Waals surface area contributed by atoms with Gasteiger partial charge in [-0.1, -0.05) is 30.5 Å². The molecule has 2 unspecified atom stereocenters. The largest absolute Gasteiger partial charge is 0.349 e. The Bertz CT molecular complexity index is 456. The molecular formula is C17H26N2O. The average molecular weight is 274 g/mol. The number of nitrogens with zero attached hydrogens (tertiary/aromatic N) is 1. The molecule has 1 aromatic carbocycles. The standard InChI is InChI=1S/C17H26N2O/c1-13-7-6-9-14(11-13)17(20)18-16-10-5-4-8-15(16)12-19(2)3/h6-7,9,11,15-16H,4-5,8,10,12H2,1-3H3,(H,18,20). The van der Waals surface area contributed by atoms with Gasteiger partial charge < -0.3 is 10.2 Å². The van der Waals surface area contributed by atoms with Crippen LogP contribution >= 0.6 is 0 Å². The molecule has 1 aromatic rings. The van der Waals surface area contributed by atoms with Crippen LogP contribution in [-0.2, 0) is 0 Å². The quantitative estimate of drug-likeness (QED) is 0.915. The zero-order valence-corrected chi connectivity index (χ0v) is 12.9. The van der Waals surface area contributed by atoms with E-state index in [2.05, 4.69) is 24.3 Å². The lowest BCUT2D eigenvalue weighted by atomic mass is 9.84. The molecule has 2 atom stereocenters. The molecule has 1 saturated carbocycles. The van der Waals surface area contributed by atoms with Gasteiger partial charge in [0.2, 0.25) is 0 Å². The van der Waals surface area contributed by atoms with Gasteiger partial charge in [0.25, 0.3) is 5.91 Å². The predicted molar refractivity (Wildman–Crippen MR) is 82.9 cm³/mol. The summed E-state index contributed by atoms with van der Waals surface area (Å²) in [6.45, 7) is 3.07. The lowest BCUT2D eigenvalue weighted by Crippen LogP contribution is -2.45. The van der Waals surface area contributed by atoms with Crippen molar-refractivity contribution in [3.8, 4) is 0 Å². The van der Waals surface area contributed by atoms with Crippen LogP contribution in [0.2, 0.25) is 0 Å². The van der Waals surface area contributed by atoms with Crippen molar-refractivity contribution >= 4 is 5.91 Å². The van der Waals surface area contributed by atoms with Crippen molar-refractivity contribution in [2.24, 2.45) is 5.92 Å². The van der Waals surface area contributed by atoms with E-state index < -0.39 is 0 Å². The van der Waals surface area contributed by atoms with Crippen molar-refractivity contribution in [1.82, 2.24) is 10.2 Å². The Morgan fingerprint density at radius 1 is 1.30 bits per heavy atom. The van der Waals surface area contributed by atoms with Gasteiger partial charge in [0, 0.05) is 18.2 Å². The maximum Gasteiger partial charge on any atom is 0.251 e. The van der Waals surface area contributed by atoms with Crippen LogP contribution in [0.3, 0.4) is 0 Å². The highest BCUT2D eigenvalue weighted by Crippen LogP contribution is 2.25. The van der Waals surface area contributed by atoms with E-state index in [1.165, 1.54) is 19.3 Å². The molecule has 0 heterocycles. The highest BCUT2D eigenvalue weighted by Gasteiger charge is 2.27. The van der Waals surface area contributed by atoms with Crippen molar-refractivity contribution in [3.05, 3.63) is 35.4 Å². The van der Waals surface area contributed by atoms with Crippen LogP contribution in [0.25, 0.3) is 0 Å². The van der Waals surface area contributed by atoms with Gasteiger partial charge >= 0.3 is 0 Å². The van der Waals surface area contributed by atoms with E-state index in [1.807, 2.05) is 31.2 Å². The second kappa shape index (κ2) is 6.89. The summed E-state index contributed by atoms with van der Waals surface area (Å²) in [6.07, 6.45) is 4.84. The Labute approximate surface area is 122 Å². The molecule has 1 amide bonds. The van der Waals surface area contributed by atoms with Gasteiger partial charge in [0.15, 0.2) is 0 Å². The number of hydrogen-bond donors (Lipinski definition) is 1. The molecule has 0 saturated heterocycles. The van der Waals surface area contributed by atoms with E-state index in [-0.39, 0.29) is 5.91 Å². The molecular weight excluding hydrogens is 248 g/mol. The molecule has 1 fully saturated rings. The fraction of sp³-hybridized carbons (Fsp3) is 0.588. The second-order valence-corrected chi connectivity index (χ2v) is 6.26. The van der Waals surface area contributed by atoms with Crippen molar-refractivity contribution in [2.75, 3.05) is 20.6 Å². The van der Waals surface area contributed by atoms with Crippen molar-refractivity contribution in [3.63, 3.8) is 0 Å². The average Bonchev–Trinajstić information content (AvgIpc) is 2.40. The van der Waals surface area contributed by atoms with Crippen molar-refractivity contribution in [1.29, 1.82) is 0 Å². The lowest BCUT2D eigenvalue weighted by molar-refractivity contribution is 0.0895. The van der Waals surface area contributed by atoms with Crippen LogP contribution in [0.1, 0.15) is 41.6 Å². The molecule has 0 radical (unpaired) electrons. The van der Waals surface area contributed by atoms with Crippen LogP contribution in [-0.4, -0.2) is 37.5 Å². The highest BCUT2D eigenvalue weighted by molar-refractivity contribution is 5.94. The van der Waals surface area contributed by atoms with E-state index in [0.29, 0.717) is 12.0 Å². The summed E-state index contributed by atoms with van der Waals surface area (Å²) in [5.74, 6) is 0.650. The first-order chi connectivity index (χ1) is 9.56. The minimum absolute atomic E-state index is 0.0735. The first-order valence-corrected chi connectivity index (χ1v) is 7.58. The van der Waals surface area contributed by atoms with Gasteiger partial charge in [0.1, 0.15) is 0 Å². The fourth-order valence-electron chi connectivity index (χ4n) is 3.12. The maximum atomic E-state index is 12.4. The van der Waals surface area contributed by atoms with Gasteiger partial charge in [-0.15, -0.1) is 0 Å². The molecule has 110 valence electrons. The summed E-state index contributed by atoms with van der Waals surface area (Å²) in [5, 5.41) is 3.25. The summed E-state index contributed by atoms with van der Waals surface area (Å²) >= 11 is 0.